The van der Waals surface area contributed by atoms with E-state index >= 15 is 0 Å². The topological polar surface area (TPSA) is 81.7 Å². The van der Waals surface area contributed by atoms with Gasteiger partial charge in [0.2, 0.25) is 0 Å². The van der Waals surface area contributed by atoms with E-state index in [2.05, 4.69) is 5.32 Å². The minimum atomic E-state index is -3.90. The number of rotatable bonds is 8. The second-order valence-corrected chi connectivity index (χ2v) is 6.70. The van der Waals surface area contributed by atoms with Gasteiger partial charge in [-0.15, -0.1) is 0 Å². The Morgan fingerprint density at radius 1 is 1.38 bits per heavy atom. The molecule has 0 saturated carbocycles. The van der Waals surface area contributed by atoms with Crippen LogP contribution in [0.5, 0.6) is 5.75 Å². The quantitative estimate of drug-likeness (QED) is 0.578. The summed E-state index contributed by atoms with van der Waals surface area (Å²) >= 11 is 0. The van der Waals surface area contributed by atoms with E-state index in [1.165, 1.54) is 18.2 Å². The molecule has 0 bridgehead atoms. The molecule has 0 aliphatic carbocycles. The predicted octanol–water partition coefficient (Wildman–Crippen LogP) is 1.78. The molecule has 6 nitrogen and oxygen atoms in total. The van der Waals surface area contributed by atoms with Gasteiger partial charge in [-0.2, -0.15) is 0 Å². The smallest absolute Gasteiger partial charge is 0.261 e. The summed E-state index contributed by atoms with van der Waals surface area (Å²) in [6.07, 6.45) is 0.652. The highest BCUT2D eigenvalue weighted by Crippen LogP contribution is 2.24. The van der Waals surface area contributed by atoms with Gasteiger partial charge in [-0.3, -0.25) is 4.79 Å². The molecule has 0 atom stereocenters. The molecule has 0 fully saturated rings. The summed E-state index contributed by atoms with van der Waals surface area (Å²) in [4.78, 5) is 12.0. The Balaban J connectivity index is 2.97. The van der Waals surface area contributed by atoms with E-state index in [1.54, 1.807) is 14.0 Å². The number of methoxy groups -OCH3 is 1. The van der Waals surface area contributed by atoms with Crippen LogP contribution in [0.4, 0.5) is 0 Å². The fraction of sp³-hybridized carbons (Fsp3) is 0.462. The molecule has 1 aromatic carbocycles. The molecule has 1 aromatic rings. The largest absolute Gasteiger partial charge is 0.493 e. The summed E-state index contributed by atoms with van der Waals surface area (Å²) in [7, 11) is 2.96. The van der Waals surface area contributed by atoms with Crippen molar-refractivity contribution in [3.05, 3.63) is 23.8 Å². The average molecular weight is 336 g/mol. The predicted molar refractivity (Wildman–Crippen MR) is 79.5 cm³/mol. The Morgan fingerprint density at radius 2 is 2.10 bits per heavy atom. The summed E-state index contributed by atoms with van der Waals surface area (Å²) in [6, 6.07) is 3.93. The van der Waals surface area contributed by atoms with E-state index < -0.39 is 15.0 Å². The normalized spacial score (nSPS) is 11.2. The Hall–Kier alpha value is -1.31. The zero-order valence-corrected chi connectivity index (χ0v) is 13.5. The maximum absolute atomic E-state index is 12.1. The number of carbonyl (C=O) groups is 1. The summed E-state index contributed by atoms with van der Waals surface area (Å²) in [5, 5.41) is 2.67. The minimum Gasteiger partial charge on any atom is -0.493 e. The maximum Gasteiger partial charge on any atom is 0.261 e. The third kappa shape index (κ3) is 5.53. The van der Waals surface area contributed by atoms with Gasteiger partial charge in [0.05, 0.1) is 17.1 Å². The van der Waals surface area contributed by atoms with Crippen molar-refractivity contribution in [2.45, 2.75) is 18.2 Å². The van der Waals surface area contributed by atoms with Crippen molar-refractivity contribution in [3.63, 3.8) is 0 Å². The van der Waals surface area contributed by atoms with Gasteiger partial charge in [0.1, 0.15) is 5.75 Å². The van der Waals surface area contributed by atoms with Crippen LogP contribution in [0.1, 0.15) is 23.7 Å². The van der Waals surface area contributed by atoms with Crippen molar-refractivity contribution in [1.29, 1.82) is 0 Å². The van der Waals surface area contributed by atoms with Crippen molar-refractivity contribution < 1.29 is 22.7 Å². The van der Waals surface area contributed by atoms with Crippen molar-refractivity contribution in [3.8, 4) is 5.75 Å². The number of ether oxygens (including phenoxy) is 2. The van der Waals surface area contributed by atoms with E-state index in [1.807, 2.05) is 0 Å². The first kappa shape index (κ1) is 17.7. The van der Waals surface area contributed by atoms with Gasteiger partial charge in [0, 0.05) is 30.9 Å². The fourth-order valence-corrected chi connectivity index (χ4v) is 2.41. The summed E-state index contributed by atoms with van der Waals surface area (Å²) in [5.74, 6) is -0.109. The van der Waals surface area contributed by atoms with Crippen LogP contribution in [-0.2, 0) is 13.8 Å². The molecule has 1 N–H and O–H groups in total. The summed E-state index contributed by atoms with van der Waals surface area (Å²) < 4.78 is 32.9. The number of hydrogen-bond donors (Lipinski definition) is 1. The van der Waals surface area contributed by atoms with Crippen molar-refractivity contribution >= 4 is 25.6 Å². The monoisotopic (exact) mass is 335 g/mol. The van der Waals surface area contributed by atoms with Gasteiger partial charge in [-0.25, -0.2) is 8.42 Å². The highest BCUT2D eigenvalue weighted by atomic mass is 35.7. The second kappa shape index (κ2) is 8.21. The molecule has 8 heteroatoms. The van der Waals surface area contributed by atoms with Crippen molar-refractivity contribution in [2.75, 3.05) is 26.9 Å². The lowest BCUT2D eigenvalue weighted by atomic mass is 10.2. The Bertz CT molecular complexity index is 588. The summed E-state index contributed by atoms with van der Waals surface area (Å²) in [6.45, 7) is 3.06. The van der Waals surface area contributed by atoms with E-state index in [9.17, 15) is 13.2 Å². The number of hydrogen-bond acceptors (Lipinski definition) is 5. The van der Waals surface area contributed by atoms with Crippen molar-refractivity contribution in [2.24, 2.45) is 0 Å². The highest BCUT2D eigenvalue weighted by Gasteiger charge is 2.18. The lowest BCUT2D eigenvalue weighted by Crippen LogP contribution is -2.26. The molecular weight excluding hydrogens is 318 g/mol. The third-order valence-electron chi connectivity index (χ3n) is 2.59. The minimum absolute atomic E-state index is 0.135. The zero-order valence-electron chi connectivity index (χ0n) is 11.9. The molecule has 0 saturated heterocycles. The number of amides is 1. The van der Waals surface area contributed by atoms with Crippen LogP contribution >= 0.6 is 10.7 Å². The van der Waals surface area contributed by atoms with Crippen molar-refractivity contribution in [1.82, 2.24) is 5.32 Å². The van der Waals surface area contributed by atoms with Crippen LogP contribution < -0.4 is 10.1 Å². The average Bonchev–Trinajstić information content (AvgIpc) is 2.43. The lowest BCUT2D eigenvalue weighted by molar-refractivity contribution is 0.0944. The number of benzene rings is 1. The molecular formula is C13H18ClNO5S. The Morgan fingerprint density at radius 3 is 2.67 bits per heavy atom. The summed E-state index contributed by atoms with van der Waals surface area (Å²) in [5.41, 5.74) is 0.135. The van der Waals surface area contributed by atoms with Gasteiger partial charge in [0.15, 0.2) is 0 Å². The molecule has 1 amide bonds. The standard InChI is InChI=1S/C13H18ClNO5S/c1-3-20-12-6-5-10(21(14,17)18)9-11(12)13(16)15-7-4-8-19-2/h5-6,9H,3-4,7-8H2,1-2H3,(H,15,16). The van der Waals surface area contributed by atoms with Gasteiger partial charge >= 0.3 is 0 Å². The SMILES string of the molecule is CCOc1ccc(S(=O)(=O)Cl)cc1C(=O)NCCCOC. The Kier molecular flexibility index (Phi) is 6.94. The van der Waals surface area contributed by atoms with Crippen LogP contribution in [0.25, 0.3) is 0 Å². The maximum atomic E-state index is 12.1. The second-order valence-electron chi connectivity index (χ2n) is 4.13. The third-order valence-corrected chi connectivity index (χ3v) is 3.94. The number of carbonyl (C=O) groups excluding carboxylic acids is 1. The van der Waals surface area contributed by atoms with E-state index in [-0.39, 0.29) is 10.5 Å². The fourth-order valence-electron chi connectivity index (χ4n) is 1.63. The molecule has 0 spiro atoms. The van der Waals surface area contributed by atoms with E-state index in [4.69, 9.17) is 20.2 Å². The molecule has 0 heterocycles. The van der Waals surface area contributed by atoms with Crippen LogP contribution in [0, 0.1) is 0 Å². The number of nitrogens with one attached hydrogen (secondary N) is 1. The molecule has 0 aliphatic rings. The molecule has 118 valence electrons. The molecule has 0 unspecified atom stereocenters. The van der Waals surface area contributed by atoms with Crippen LogP contribution in [0.15, 0.2) is 23.1 Å². The zero-order chi connectivity index (χ0) is 15.9. The van der Waals surface area contributed by atoms with Gasteiger partial charge in [0.25, 0.3) is 15.0 Å². The van der Waals surface area contributed by atoms with E-state index in [0.717, 1.165) is 0 Å². The number of halogens is 1. The highest BCUT2D eigenvalue weighted by molar-refractivity contribution is 8.13. The first-order chi connectivity index (χ1) is 9.90. The molecule has 0 aliphatic heterocycles. The first-order valence-electron chi connectivity index (χ1n) is 6.38. The molecule has 0 aromatic heterocycles. The van der Waals surface area contributed by atoms with Crippen LogP contribution in [-0.4, -0.2) is 41.2 Å². The van der Waals surface area contributed by atoms with Gasteiger partial charge in [-0.1, -0.05) is 0 Å². The molecule has 1 rings (SSSR count). The van der Waals surface area contributed by atoms with Gasteiger partial charge < -0.3 is 14.8 Å². The van der Waals surface area contributed by atoms with Crippen LogP contribution in [0.3, 0.4) is 0 Å². The molecule has 0 radical (unpaired) electrons. The van der Waals surface area contributed by atoms with Gasteiger partial charge in [-0.05, 0) is 31.5 Å². The lowest BCUT2D eigenvalue weighted by Gasteiger charge is -2.11. The first-order valence-corrected chi connectivity index (χ1v) is 8.69. The Labute approximate surface area is 128 Å². The van der Waals surface area contributed by atoms with E-state index in [0.29, 0.717) is 31.9 Å². The molecule has 21 heavy (non-hydrogen) atoms. The van der Waals surface area contributed by atoms with Crippen LogP contribution in [0.2, 0.25) is 0 Å².